The molecule has 16 heteroatoms. The van der Waals surface area contributed by atoms with Crippen LogP contribution in [0.1, 0.15) is 91.8 Å². The number of anilines is 2. The van der Waals surface area contributed by atoms with Gasteiger partial charge in [-0.05, 0) is 122 Å². The van der Waals surface area contributed by atoms with Gasteiger partial charge in [0.05, 0.1) is 12.2 Å². The number of ether oxygens (including phenoxy) is 1. The van der Waals surface area contributed by atoms with Crippen molar-refractivity contribution in [3.8, 4) is 5.69 Å². The summed E-state index contributed by atoms with van der Waals surface area (Å²) < 4.78 is 30.6. The van der Waals surface area contributed by atoms with Gasteiger partial charge in [-0.1, -0.05) is 46.0 Å². The third kappa shape index (κ3) is 7.72. The van der Waals surface area contributed by atoms with E-state index in [-0.39, 0.29) is 47.8 Å². The zero-order valence-electron chi connectivity index (χ0n) is 37.4. The highest BCUT2D eigenvalue weighted by Crippen LogP contribution is 2.51. The first-order valence-electron chi connectivity index (χ1n) is 21.9. The van der Waals surface area contributed by atoms with Crippen LogP contribution in [0.25, 0.3) is 22.4 Å². The summed E-state index contributed by atoms with van der Waals surface area (Å²) in [5.41, 5.74) is 4.96. The Morgan fingerprint density at radius 3 is 2.41 bits per heavy atom. The van der Waals surface area contributed by atoms with Crippen molar-refractivity contribution in [2.24, 2.45) is 0 Å². The van der Waals surface area contributed by atoms with Crippen molar-refractivity contribution in [2.45, 2.75) is 83.3 Å². The van der Waals surface area contributed by atoms with E-state index in [0.717, 1.165) is 29.4 Å². The molecular formula is C48H55FN9O5P. The van der Waals surface area contributed by atoms with Gasteiger partial charge in [-0.3, -0.25) is 23.4 Å². The molecule has 0 bridgehead atoms. The molecule has 3 aromatic carbocycles. The number of aromatic amines is 1. The number of aromatic nitrogens is 5. The SMILES string of the molecule is CNc1cc(-n2ccn(/C(Nc3cc(C)c(F)c(C)c3)=C3\CN(C(=O)c4cc5cc(C6CCOCC6)ccc5n4C4(c5noc(=O)[nH]5)CC4)CCC3=N)c2=O)ccc1P(C)C(C)(C)C. The van der Waals surface area contributed by atoms with E-state index < -0.39 is 19.2 Å². The lowest BCUT2D eigenvalue weighted by atomic mass is 9.91. The Hall–Kier alpha value is -6.05. The predicted molar refractivity (Wildman–Crippen MR) is 251 cm³/mol. The summed E-state index contributed by atoms with van der Waals surface area (Å²) in [4.78, 5) is 46.6. The van der Waals surface area contributed by atoms with E-state index in [1.165, 1.54) is 15.4 Å². The van der Waals surface area contributed by atoms with Crippen LogP contribution in [0.15, 0.2) is 86.7 Å². The molecule has 3 aliphatic rings. The number of likely N-dealkylation sites (tertiary alicyclic amines) is 1. The number of piperidine rings is 1. The van der Waals surface area contributed by atoms with Crippen molar-refractivity contribution in [2.75, 3.05) is 50.6 Å². The molecule has 1 amide bonds. The average molecular weight is 888 g/mol. The number of fused-ring (bicyclic) bond motifs is 1. The van der Waals surface area contributed by atoms with Crippen LogP contribution < -0.4 is 27.4 Å². The predicted octanol–water partition coefficient (Wildman–Crippen LogP) is 7.88. The van der Waals surface area contributed by atoms with Crippen molar-refractivity contribution in [1.82, 2.24) is 28.7 Å². The quantitative estimate of drug-likeness (QED) is 0.101. The Morgan fingerprint density at radius 2 is 1.75 bits per heavy atom. The Morgan fingerprint density at radius 1 is 1.02 bits per heavy atom. The molecule has 14 nitrogen and oxygen atoms in total. The molecule has 0 spiro atoms. The van der Waals surface area contributed by atoms with E-state index >= 15 is 4.79 Å². The van der Waals surface area contributed by atoms with E-state index in [4.69, 9.17) is 9.26 Å². The second-order valence-corrected chi connectivity index (χ2v) is 21.3. The van der Waals surface area contributed by atoms with Crippen LogP contribution in [0.4, 0.5) is 15.8 Å². The molecular weight excluding hydrogens is 833 g/mol. The average Bonchev–Trinajstić information content (AvgIpc) is 3.56. The number of carbonyl (C=O) groups excluding carboxylic acids is 1. The van der Waals surface area contributed by atoms with Gasteiger partial charge in [-0.2, -0.15) is 0 Å². The topological polar surface area (TPSA) is 168 Å². The maximum absolute atomic E-state index is 15.2. The van der Waals surface area contributed by atoms with Crippen molar-refractivity contribution in [1.29, 1.82) is 5.41 Å². The van der Waals surface area contributed by atoms with Gasteiger partial charge in [0.2, 0.25) is 0 Å². The molecule has 64 heavy (non-hydrogen) atoms. The Bertz CT molecular complexity index is 2950. The molecule has 1 saturated carbocycles. The molecule has 6 aromatic rings. The van der Waals surface area contributed by atoms with E-state index in [2.05, 4.69) is 72.5 Å². The van der Waals surface area contributed by atoms with Crippen LogP contribution in [0.5, 0.6) is 0 Å². The summed E-state index contributed by atoms with van der Waals surface area (Å²) in [7, 11) is 1.36. The van der Waals surface area contributed by atoms with Crippen LogP contribution in [-0.4, -0.2) is 85.5 Å². The molecule has 1 unspecified atom stereocenters. The fraction of sp³-hybridized carbons (Fsp3) is 0.396. The lowest BCUT2D eigenvalue weighted by molar-refractivity contribution is 0.0757. The molecule has 1 aliphatic carbocycles. The van der Waals surface area contributed by atoms with Crippen LogP contribution in [0.2, 0.25) is 0 Å². The number of H-pyrrole nitrogens is 1. The number of amides is 1. The zero-order chi connectivity index (χ0) is 45.2. The van der Waals surface area contributed by atoms with Crippen molar-refractivity contribution in [3.63, 3.8) is 0 Å². The number of halogens is 1. The minimum absolute atomic E-state index is 0.00483. The number of aryl methyl sites for hydroxylation is 2. The molecule has 3 aromatic heterocycles. The first-order chi connectivity index (χ1) is 30.6. The molecule has 334 valence electrons. The van der Waals surface area contributed by atoms with Crippen LogP contribution in [0.3, 0.4) is 0 Å². The fourth-order valence-electron chi connectivity index (χ4n) is 9.28. The van der Waals surface area contributed by atoms with Gasteiger partial charge in [0.25, 0.3) is 5.91 Å². The van der Waals surface area contributed by atoms with Gasteiger partial charge in [-0.25, -0.2) is 14.0 Å². The lowest BCUT2D eigenvalue weighted by Crippen LogP contribution is -2.43. The number of benzene rings is 3. The number of hydrogen-bond donors (Lipinski definition) is 4. The number of nitrogens with one attached hydrogen (secondary N) is 4. The number of imidazole rings is 1. The van der Waals surface area contributed by atoms with Crippen LogP contribution in [-0.2, 0) is 10.3 Å². The van der Waals surface area contributed by atoms with Gasteiger partial charge in [-0.15, -0.1) is 0 Å². The zero-order valence-corrected chi connectivity index (χ0v) is 38.3. The minimum Gasteiger partial charge on any atom is -0.388 e. The summed E-state index contributed by atoms with van der Waals surface area (Å²) in [6, 6.07) is 17.6. The summed E-state index contributed by atoms with van der Waals surface area (Å²) in [6.07, 6.45) is 6.68. The first kappa shape index (κ1) is 43.2. The van der Waals surface area contributed by atoms with Crippen molar-refractivity contribution < 1.29 is 18.4 Å². The Labute approximate surface area is 371 Å². The van der Waals surface area contributed by atoms with Gasteiger partial charge in [0.1, 0.15) is 22.9 Å². The number of nitrogens with zero attached hydrogens (tertiary/aromatic N) is 5. The maximum atomic E-state index is 15.2. The van der Waals surface area contributed by atoms with E-state index in [1.807, 2.05) is 29.8 Å². The summed E-state index contributed by atoms with van der Waals surface area (Å²) in [5, 5.41) is 22.4. The summed E-state index contributed by atoms with van der Waals surface area (Å²) in [6.45, 7) is 14.0. The highest BCUT2D eigenvalue weighted by Gasteiger charge is 2.52. The van der Waals surface area contributed by atoms with Crippen molar-refractivity contribution in [3.05, 3.63) is 128 Å². The van der Waals surface area contributed by atoms with Gasteiger partial charge >= 0.3 is 11.4 Å². The Kier molecular flexibility index (Phi) is 11.1. The molecule has 0 radical (unpaired) electrons. The first-order valence-corrected chi connectivity index (χ1v) is 23.7. The second-order valence-electron chi connectivity index (χ2n) is 18.4. The van der Waals surface area contributed by atoms with Gasteiger partial charge < -0.3 is 30.2 Å². The summed E-state index contributed by atoms with van der Waals surface area (Å²) in [5.74, 6) is -0.261. The normalized spacial score (nSPS) is 18.1. The van der Waals surface area contributed by atoms with E-state index in [0.29, 0.717) is 77.4 Å². The molecule has 5 heterocycles. The highest BCUT2D eigenvalue weighted by atomic mass is 31.1. The third-order valence-electron chi connectivity index (χ3n) is 13.3. The van der Waals surface area contributed by atoms with Crippen LogP contribution >= 0.6 is 7.92 Å². The second kappa shape index (κ2) is 16.5. The van der Waals surface area contributed by atoms with E-state index in [1.54, 1.807) is 47.8 Å². The molecule has 1 atom stereocenters. The van der Waals surface area contributed by atoms with E-state index in [9.17, 15) is 19.4 Å². The van der Waals surface area contributed by atoms with Crippen molar-refractivity contribution >= 4 is 52.9 Å². The number of hydrogen-bond acceptors (Lipinski definition) is 9. The molecule has 3 fully saturated rings. The van der Waals surface area contributed by atoms with Gasteiger partial charge in [0, 0.05) is 79.2 Å². The maximum Gasteiger partial charge on any atom is 0.438 e. The molecule has 2 aliphatic heterocycles. The third-order valence-corrected chi connectivity index (χ3v) is 16.4. The summed E-state index contributed by atoms with van der Waals surface area (Å²) >= 11 is 0. The smallest absolute Gasteiger partial charge is 0.388 e. The largest absolute Gasteiger partial charge is 0.438 e. The molecule has 4 N–H and O–H groups in total. The fourth-order valence-corrected chi connectivity index (χ4v) is 10.8. The number of rotatable bonds is 10. The molecule has 2 saturated heterocycles. The lowest BCUT2D eigenvalue weighted by Gasteiger charge is -2.32. The highest BCUT2D eigenvalue weighted by molar-refractivity contribution is 7.66. The monoisotopic (exact) mass is 887 g/mol. The molecule has 9 rings (SSSR count). The standard InChI is InChI=1S/C48H55FN9O5P/c1-28-22-33(23-29(2)41(28)49)52-42(57-19-18-56(46(57)61)34-9-11-40(37(26-34)51-6)64(7)47(3,4)5)35-27-55(17-12-36(35)50)43(59)39-25-32-24-31(30-13-20-62-21-14-30)8-10-38(32)58(39)48(15-16-48)44-53-45(60)63-54-44/h8-11,18-19,22-26,30,50-52H,12-17,20-21,27H2,1-7H3,(H,53,54,60)/b42-35+,50-36?. The number of carbonyl (C=O) groups is 1. The Balaban J connectivity index is 1.14. The van der Waals surface area contributed by atoms with Crippen LogP contribution in [0, 0.1) is 25.1 Å². The van der Waals surface area contributed by atoms with Gasteiger partial charge in [0.15, 0.2) is 5.82 Å². The minimum atomic E-state index is -0.793.